The van der Waals surface area contributed by atoms with Crippen LogP contribution in [0.15, 0.2) is 18.2 Å². The molecule has 21 heavy (non-hydrogen) atoms. The van der Waals surface area contributed by atoms with E-state index in [1.807, 2.05) is 0 Å². The average Bonchev–Trinajstić information content (AvgIpc) is 2.96. The molecule has 0 aromatic heterocycles. The van der Waals surface area contributed by atoms with Crippen molar-refractivity contribution < 1.29 is 14.1 Å². The minimum atomic E-state index is -0.742. The maximum atomic E-state index is 13.6. The van der Waals surface area contributed by atoms with E-state index >= 15 is 0 Å². The first-order valence-electron chi connectivity index (χ1n) is 7.30. The molecule has 0 atom stereocenters. The van der Waals surface area contributed by atoms with Crippen molar-refractivity contribution in [3.05, 3.63) is 39.7 Å². The summed E-state index contributed by atoms with van der Waals surface area (Å²) in [5, 5.41) is 13.3. The van der Waals surface area contributed by atoms with Crippen molar-refractivity contribution in [3.8, 4) is 0 Å². The van der Waals surface area contributed by atoms with Crippen LogP contribution in [-0.4, -0.2) is 17.4 Å². The Morgan fingerprint density at radius 2 is 2.10 bits per heavy atom. The van der Waals surface area contributed by atoms with E-state index in [0.29, 0.717) is 6.54 Å². The molecule has 114 valence electrons. The van der Waals surface area contributed by atoms with Crippen LogP contribution in [0.3, 0.4) is 0 Å². The monoisotopic (exact) mass is 294 g/mol. The molecule has 1 aliphatic rings. The van der Waals surface area contributed by atoms with Crippen LogP contribution >= 0.6 is 0 Å². The quantitative estimate of drug-likeness (QED) is 0.496. The third kappa shape index (κ3) is 4.24. The van der Waals surface area contributed by atoms with E-state index in [2.05, 4.69) is 5.32 Å². The highest BCUT2D eigenvalue weighted by molar-refractivity contribution is 5.95. The van der Waals surface area contributed by atoms with Crippen LogP contribution in [0.2, 0.25) is 0 Å². The molecule has 5 nitrogen and oxygen atoms in total. The molecule has 0 heterocycles. The number of amides is 1. The molecule has 0 bridgehead atoms. The first-order valence-corrected chi connectivity index (χ1v) is 7.30. The van der Waals surface area contributed by atoms with Gasteiger partial charge in [-0.3, -0.25) is 14.9 Å². The molecule has 0 aliphatic heterocycles. The lowest BCUT2D eigenvalue weighted by molar-refractivity contribution is -0.384. The number of halogens is 1. The van der Waals surface area contributed by atoms with Gasteiger partial charge in [-0.1, -0.05) is 25.7 Å². The molecule has 0 saturated heterocycles. The van der Waals surface area contributed by atoms with Crippen LogP contribution in [0.5, 0.6) is 0 Å². The van der Waals surface area contributed by atoms with Crippen LogP contribution < -0.4 is 5.32 Å². The van der Waals surface area contributed by atoms with Crippen molar-refractivity contribution in [3.63, 3.8) is 0 Å². The first-order chi connectivity index (χ1) is 10.1. The second-order valence-corrected chi connectivity index (χ2v) is 5.47. The molecule has 0 spiro atoms. The maximum absolute atomic E-state index is 13.6. The first kappa shape index (κ1) is 15.4. The molecule has 1 amide bonds. The van der Waals surface area contributed by atoms with E-state index in [9.17, 15) is 19.3 Å². The van der Waals surface area contributed by atoms with E-state index in [1.54, 1.807) is 0 Å². The minimum Gasteiger partial charge on any atom is -0.352 e. The van der Waals surface area contributed by atoms with Crippen LogP contribution in [0.4, 0.5) is 10.1 Å². The number of hydrogen-bond acceptors (Lipinski definition) is 3. The number of non-ortho nitro benzene ring substituents is 1. The second kappa shape index (κ2) is 7.15. The summed E-state index contributed by atoms with van der Waals surface area (Å²) in [4.78, 5) is 21.9. The summed E-state index contributed by atoms with van der Waals surface area (Å²) >= 11 is 0. The molecule has 2 rings (SSSR count). The lowest BCUT2D eigenvalue weighted by atomic mass is 10.0. The predicted octanol–water partition coefficient (Wildman–Crippen LogP) is 3.43. The Hall–Kier alpha value is -1.98. The molecular weight excluding hydrogens is 275 g/mol. The van der Waals surface area contributed by atoms with Gasteiger partial charge in [-0.15, -0.1) is 0 Å². The van der Waals surface area contributed by atoms with Gasteiger partial charge in [0.1, 0.15) is 5.82 Å². The number of carbonyl (C=O) groups excluding carboxylic acids is 1. The number of benzene rings is 1. The predicted molar refractivity (Wildman–Crippen MR) is 76.6 cm³/mol. The van der Waals surface area contributed by atoms with Gasteiger partial charge in [0.25, 0.3) is 11.6 Å². The summed E-state index contributed by atoms with van der Waals surface area (Å²) in [5.41, 5.74) is -0.558. The molecule has 1 aliphatic carbocycles. The highest BCUT2D eigenvalue weighted by atomic mass is 19.1. The number of carbonyl (C=O) groups is 1. The zero-order chi connectivity index (χ0) is 15.2. The van der Waals surface area contributed by atoms with Crippen molar-refractivity contribution in [1.82, 2.24) is 5.32 Å². The average molecular weight is 294 g/mol. The van der Waals surface area contributed by atoms with Gasteiger partial charge in [0, 0.05) is 18.7 Å². The van der Waals surface area contributed by atoms with Gasteiger partial charge in [0.05, 0.1) is 10.5 Å². The molecule has 1 aromatic rings. The van der Waals surface area contributed by atoms with Crippen LogP contribution in [0.25, 0.3) is 0 Å². The van der Waals surface area contributed by atoms with E-state index < -0.39 is 16.6 Å². The minimum absolute atomic E-state index is 0.273. The molecule has 1 fully saturated rings. The van der Waals surface area contributed by atoms with Gasteiger partial charge in [0.2, 0.25) is 0 Å². The number of rotatable bonds is 6. The third-order valence-corrected chi connectivity index (χ3v) is 3.95. The molecule has 0 unspecified atom stereocenters. The highest BCUT2D eigenvalue weighted by Crippen LogP contribution is 2.28. The lowest BCUT2D eigenvalue weighted by Crippen LogP contribution is -2.25. The Kier molecular flexibility index (Phi) is 5.25. The molecule has 6 heteroatoms. The molecule has 0 radical (unpaired) electrons. The van der Waals surface area contributed by atoms with Crippen molar-refractivity contribution in [2.24, 2.45) is 5.92 Å². The van der Waals surface area contributed by atoms with E-state index in [-0.39, 0.29) is 11.3 Å². The summed E-state index contributed by atoms with van der Waals surface area (Å²) in [7, 11) is 0. The van der Waals surface area contributed by atoms with E-state index in [1.165, 1.54) is 25.7 Å². The van der Waals surface area contributed by atoms with Crippen molar-refractivity contribution in [2.75, 3.05) is 6.54 Å². The molecule has 1 N–H and O–H groups in total. The largest absolute Gasteiger partial charge is 0.352 e. The normalized spacial score (nSPS) is 15.1. The zero-order valence-electron chi connectivity index (χ0n) is 11.8. The third-order valence-electron chi connectivity index (χ3n) is 3.95. The summed E-state index contributed by atoms with van der Waals surface area (Å²) in [6.45, 7) is 0.470. The number of nitro benzene ring substituents is 1. The summed E-state index contributed by atoms with van der Waals surface area (Å²) < 4.78 is 13.6. The van der Waals surface area contributed by atoms with Crippen LogP contribution in [0, 0.1) is 21.8 Å². The number of nitro groups is 1. The number of nitrogens with zero attached hydrogens (tertiary/aromatic N) is 1. The fourth-order valence-corrected chi connectivity index (χ4v) is 2.79. The standard InChI is InChI=1S/C15H19FN2O3/c16-14-8-7-12(18(20)21)10-13(14)15(19)17-9-3-6-11-4-1-2-5-11/h7-8,10-11H,1-6,9H2,(H,17,19). The Morgan fingerprint density at radius 3 is 2.76 bits per heavy atom. The van der Waals surface area contributed by atoms with Gasteiger partial charge >= 0.3 is 0 Å². The zero-order valence-corrected chi connectivity index (χ0v) is 11.8. The van der Waals surface area contributed by atoms with Gasteiger partial charge in [-0.2, -0.15) is 0 Å². The van der Waals surface area contributed by atoms with Crippen molar-refractivity contribution in [2.45, 2.75) is 38.5 Å². The Bertz CT molecular complexity index is 528. The smallest absolute Gasteiger partial charge is 0.270 e. The van der Waals surface area contributed by atoms with E-state index in [0.717, 1.165) is 37.0 Å². The molecular formula is C15H19FN2O3. The number of hydrogen-bond donors (Lipinski definition) is 1. The summed E-state index contributed by atoms with van der Waals surface area (Å²) in [5.74, 6) is -0.590. The van der Waals surface area contributed by atoms with Crippen molar-refractivity contribution >= 4 is 11.6 Å². The van der Waals surface area contributed by atoms with Gasteiger partial charge < -0.3 is 5.32 Å². The van der Waals surface area contributed by atoms with Gasteiger partial charge in [-0.05, 0) is 24.8 Å². The van der Waals surface area contributed by atoms with Crippen LogP contribution in [-0.2, 0) is 0 Å². The van der Waals surface area contributed by atoms with Crippen molar-refractivity contribution in [1.29, 1.82) is 0 Å². The topological polar surface area (TPSA) is 72.2 Å². The summed E-state index contributed by atoms with van der Waals surface area (Å²) in [6, 6.07) is 2.97. The summed E-state index contributed by atoms with van der Waals surface area (Å²) in [6.07, 6.45) is 7.01. The van der Waals surface area contributed by atoms with Crippen LogP contribution in [0.1, 0.15) is 48.9 Å². The maximum Gasteiger partial charge on any atom is 0.270 e. The van der Waals surface area contributed by atoms with E-state index in [4.69, 9.17) is 0 Å². The Balaban J connectivity index is 1.84. The van der Waals surface area contributed by atoms with Gasteiger partial charge in [0.15, 0.2) is 0 Å². The fraction of sp³-hybridized carbons (Fsp3) is 0.533. The second-order valence-electron chi connectivity index (χ2n) is 5.47. The highest BCUT2D eigenvalue weighted by Gasteiger charge is 2.17. The fourth-order valence-electron chi connectivity index (χ4n) is 2.79. The number of nitrogens with one attached hydrogen (secondary N) is 1. The Labute approximate surface area is 122 Å². The lowest BCUT2D eigenvalue weighted by Gasteiger charge is -2.09. The van der Waals surface area contributed by atoms with Gasteiger partial charge in [-0.25, -0.2) is 4.39 Å². The molecule has 1 saturated carbocycles. The molecule has 1 aromatic carbocycles. The SMILES string of the molecule is O=C(NCCCC1CCCC1)c1cc([N+](=O)[O-])ccc1F. The Morgan fingerprint density at radius 1 is 1.38 bits per heavy atom.